The van der Waals surface area contributed by atoms with E-state index in [1.165, 1.54) is 12.1 Å². The van der Waals surface area contributed by atoms with Crippen LogP contribution in [0.1, 0.15) is 52.2 Å². The van der Waals surface area contributed by atoms with Gasteiger partial charge in [-0.15, -0.1) is 0 Å². The van der Waals surface area contributed by atoms with Crippen molar-refractivity contribution in [2.24, 2.45) is 0 Å². The summed E-state index contributed by atoms with van der Waals surface area (Å²) in [6.45, 7) is 3.73. The lowest BCUT2D eigenvalue weighted by atomic mass is 10.2. The Labute approximate surface area is 149 Å². The van der Waals surface area contributed by atoms with Gasteiger partial charge in [0, 0.05) is 5.92 Å². The van der Waals surface area contributed by atoms with Crippen molar-refractivity contribution in [2.75, 3.05) is 0 Å². The largest absolute Gasteiger partial charge is 0.343 e. The molecule has 0 spiro atoms. The van der Waals surface area contributed by atoms with Crippen LogP contribution >= 0.6 is 0 Å². The maximum Gasteiger partial charge on any atom is 0.255 e. The van der Waals surface area contributed by atoms with Crippen molar-refractivity contribution in [3.05, 3.63) is 58.7 Å². The van der Waals surface area contributed by atoms with E-state index < -0.39 is 0 Å². The first-order chi connectivity index (χ1) is 12.5. The molecule has 3 aromatic rings. The Balaban J connectivity index is 1.50. The minimum absolute atomic E-state index is 0.166. The predicted octanol–water partition coefficient (Wildman–Crippen LogP) is 2.82. The van der Waals surface area contributed by atoms with Gasteiger partial charge in [0.2, 0.25) is 5.89 Å². The van der Waals surface area contributed by atoms with Gasteiger partial charge in [-0.2, -0.15) is 10.1 Å². The van der Waals surface area contributed by atoms with Gasteiger partial charge in [0.15, 0.2) is 5.82 Å². The van der Waals surface area contributed by atoms with Crippen molar-refractivity contribution < 1.29 is 13.7 Å². The molecule has 0 saturated heterocycles. The maximum atomic E-state index is 13.1. The lowest BCUT2D eigenvalue weighted by Crippen LogP contribution is -2.24. The summed E-state index contributed by atoms with van der Waals surface area (Å²) in [4.78, 5) is 16.9. The van der Waals surface area contributed by atoms with Crippen LogP contribution in [0.25, 0.3) is 5.69 Å². The highest BCUT2D eigenvalue weighted by atomic mass is 19.1. The van der Waals surface area contributed by atoms with Crippen LogP contribution in [0.2, 0.25) is 0 Å². The van der Waals surface area contributed by atoms with E-state index >= 15 is 0 Å². The highest BCUT2D eigenvalue weighted by Gasteiger charge is 2.29. The van der Waals surface area contributed by atoms with E-state index in [2.05, 4.69) is 20.6 Å². The number of hydrogen-bond acceptors (Lipinski definition) is 5. The molecule has 1 N–H and O–H groups in total. The van der Waals surface area contributed by atoms with Crippen molar-refractivity contribution in [3.63, 3.8) is 0 Å². The van der Waals surface area contributed by atoms with Gasteiger partial charge in [0.25, 0.3) is 5.91 Å². The zero-order chi connectivity index (χ0) is 18.3. The van der Waals surface area contributed by atoms with E-state index in [9.17, 15) is 9.18 Å². The lowest BCUT2D eigenvalue weighted by molar-refractivity contribution is 0.0945. The molecule has 1 fully saturated rings. The second kappa shape index (κ2) is 6.36. The van der Waals surface area contributed by atoms with Crippen LogP contribution in [0.4, 0.5) is 4.39 Å². The van der Waals surface area contributed by atoms with E-state index in [1.54, 1.807) is 30.7 Å². The zero-order valence-corrected chi connectivity index (χ0v) is 14.5. The quantitative estimate of drug-likeness (QED) is 0.761. The number of carbonyl (C=O) groups excluding carboxylic acids is 1. The number of amides is 1. The summed E-state index contributed by atoms with van der Waals surface area (Å²) in [6.07, 6.45) is 2.18. The summed E-state index contributed by atoms with van der Waals surface area (Å²) in [5.41, 5.74) is 2.44. The van der Waals surface area contributed by atoms with E-state index in [4.69, 9.17) is 4.52 Å². The first-order valence-corrected chi connectivity index (χ1v) is 8.46. The van der Waals surface area contributed by atoms with Crippen LogP contribution in [-0.2, 0) is 6.54 Å². The molecule has 26 heavy (non-hydrogen) atoms. The van der Waals surface area contributed by atoms with Crippen molar-refractivity contribution in [1.29, 1.82) is 0 Å². The van der Waals surface area contributed by atoms with Gasteiger partial charge in [0.05, 0.1) is 29.2 Å². The number of hydrogen-bond donors (Lipinski definition) is 1. The highest BCUT2D eigenvalue weighted by molar-refractivity contribution is 5.96. The fourth-order valence-electron chi connectivity index (χ4n) is 2.90. The van der Waals surface area contributed by atoms with Crippen molar-refractivity contribution in [1.82, 2.24) is 25.2 Å². The maximum absolute atomic E-state index is 13.1. The van der Waals surface area contributed by atoms with Crippen molar-refractivity contribution in [3.8, 4) is 5.69 Å². The van der Waals surface area contributed by atoms with Crippen LogP contribution in [0.15, 0.2) is 28.8 Å². The molecular formula is C18H18FN5O2. The fourth-order valence-corrected chi connectivity index (χ4v) is 2.90. The smallest absolute Gasteiger partial charge is 0.255 e. The molecule has 8 heteroatoms. The van der Waals surface area contributed by atoms with Gasteiger partial charge in [-0.25, -0.2) is 9.07 Å². The third-order valence-electron chi connectivity index (χ3n) is 4.42. The number of rotatable bonds is 5. The van der Waals surface area contributed by atoms with E-state index in [0.717, 1.165) is 12.8 Å². The SMILES string of the molecule is Cc1nn(-c2ccc(F)cc2)c(C)c1C(=O)NCc1nc(C2CC2)no1. The van der Waals surface area contributed by atoms with Crippen LogP contribution < -0.4 is 5.32 Å². The Bertz CT molecular complexity index is 957. The van der Waals surface area contributed by atoms with Gasteiger partial charge in [-0.05, 0) is 51.0 Å². The number of aromatic nitrogens is 4. The average molecular weight is 355 g/mol. The van der Waals surface area contributed by atoms with Crippen molar-refractivity contribution in [2.45, 2.75) is 39.2 Å². The van der Waals surface area contributed by atoms with Gasteiger partial charge in [-0.3, -0.25) is 4.79 Å². The second-order valence-corrected chi connectivity index (χ2v) is 6.44. The number of nitrogens with zero attached hydrogens (tertiary/aromatic N) is 4. The Morgan fingerprint density at radius 3 is 2.73 bits per heavy atom. The third kappa shape index (κ3) is 3.10. The molecule has 4 rings (SSSR count). The summed E-state index contributed by atoms with van der Waals surface area (Å²) in [7, 11) is 0. The lowest BCUT2D eigenvalue weighted by Gasteiger charge is -2.05. The zero-order valence-electron chi connectivity index (χ0n) is 14.5. The van der Waals surface area contributed by atoms with E-state index in [1.807, 2.05) is 0 Å². The molecule has 1 aliphatic rings. The topological polar surface area (TPSA) is 85.8 Å². The van der Waals surface area contributed by atoms with Crippen LogP contribution in [0, 0.1) is 19.7 Å². The molecule has 2 aromatic heterocycles. The molecule has 134 valence electrons. The molecule has 1 amide bonds. The second-order valence-electron chi connectivity index (χ2n) is 6.44. The number of nitrogens with one attached hydrogen (secondary N) is 1. The molecule has 1 aromatic carbocycles. The average Bonchev–Trinajstić information content (AvgIpc) is 3.29. The fraction of sp³-hybridized carbons (Fsp3) is 0.333. The standard InChI is InChI=1S/C18H18FN5O2/c1-10-16(11(2)24(22-10)14-7-5-13(19)6-8-14)18(25)20-9-15-21-17(23-26-15)12-3-4-12/h5-8,12H,3-4,9H2,1-2H3,(H,20,25). The first kappa shape index (κ1) is 16.4. The van der Waals surface area contributed by atoms with Gasteiger partial charge in [0.1, 0.15) is 5.82 Å². The van der Waals surface area contributed by atoms with Gasteiger partial charge in [-0.1, -0.05) is 5.16 Å². The first-order valence-electron chi connectivity index (χ1n) is 8.46. The van der Waals surface area contributed by atoms with Crippen LogP contribution in [0.5, 0.6) is 0 Å². The molecule has 1 saturated carbocycles. The monoisotopic (exact) mass is 355 g/mol. The number of benzene rings is 1. The van der Waals surface area contributed by atoms with Gasteiger partial charge >= 0.3 is 0 Å². The minimum atomic E-state index is -0.321. The van der Waals surface area contributed by atoms with Crippen LogP contribution in [-0.4, -0.2) is 25.8 Å². The number of halogens is 1. The highest BCUT2D eigenvalue weighted by Crippen LogP contribution is 2.38. The number of aryl methyl sites for hydroxylation is 1. The van der Waals surface area contributed by atoms with Crippen LogP contribution in [0.3, 0.4) is 0 Å². The van der Waals surface area contributed by atoms with E-state index in [-0.39, 0.29) is 18.3 Å². The molecule has 0 radical (unpaired) electrons. The molecule has 0 bridgehead atoms. The predicted molar refractivity (Wildman–Crippen MR) is 90.4 cm³/mol. The van der Waals surface area contributed by atoms with E-state index in [0.29, 0.717) is 40.3 Å². The summed E-state index contributed by atoms with van der Waals surface area (Å²) >= 11 is 0. The molecule has 0 unspecified atom stereocenters. The molecule has 7 nitrogen and oxygen atoms in total. The molecule has 1 aliphatic carbocycles. The Morgan fingerprint density at radius 1 is 1.31 bits per heavy atom. The molecule has 0 atom stereocenters. The molecule has 0 aliphatic heterocycles. The Morgan fingerprint density at radius 2 is 2.04 bits per heavy atom. The van der Waals surface area contributed by atoms with Gasteiger partial charge < -0.3 is 9.84 Å². The Kier molecular flexibility index (Phi) is 4.02. The summed E-state index contributed by atoms with van der Waals surface area (Å²) in [5, 5.41) is 11.1. The molecular weight excluding hydrogens is 337 g/mol. The summed E-state index contributed by atoms with van der Waals surface area (Å²) in [5.74, 6) is 0.923. The Hall–Kier alpha value is -3.03. The summed E-state index contributed by atoms with van der Waals surface area (Å²) < 4.78 is 19.9. The number of carbonyl (C=O) groups is 1. The summed E-state index contributed by atoms with van der Waals surface area (Å²) in [6, 6.07) is 5.96. The normalized spacial score (nSPS) is 13.8. The minimum Gasteiger partial charge on any atom is -0.343 e. The third-order valence-corrected chi connectivity index (χ3v) is 4.42. The van der Waals surface area contributed by atoms with Crippen molar-refractivity contribution >= 4 is 5.91 Å². The molecule has 2 heterocycles.